The molecule has 1 N–H and O–H groups in total. The van der Waals surface area contributed by atoms with Crippen molar-refractivity contribution in [2.75, 3.05) is 0 Å². The van der Waals surface area contributed by atoms with Crippen LogP contribution in [-0.2, 0) is 4.79 Å². The van der Waals surface area contributed by atoms with Gasteiger partial charge in [-0.25, -0.2) is 4.79 Å². The van der Waals surface area contributed by atoms with Crippen molar-refractivity contribution in [3.8, 4) is 5.75 Å². The number of halogens is 4. The fraction of sp³-hybridized carbons (Fsp3) is 0.357. The topological polar surface area (TPSA) is 46.5 Å². The number of fused-ring (bicyclic) bond motifs is 1. The van der Waals surface area contributed by atoms with Crippen LogP contribution in [0.5, 0.6) is 5.75 Å². The van der Waals surface area contributed by atoms with Crippen LogP contribution >= 0.6 is 11.6 Å². The summed E-state index contributed by atoms with van der Waals surface area (Å²) in [5.74, 6) is -1.79. The number of hydrogen-bond acceptors (Lipinski definition) is 2. The van der Waals surface area contributed by atoms with Crippen molar-refractivity contribution in [1.82, 2.24) is 0 Å². The summed E-state index contributed by atoms with van der Waals surface area (Å²) in [7, 11) is 0. The van der Waals surface area contributed by atoms with Crippen molar-refractivity contribution in [3.63, 3.8) is 0 Å². The number of benzene rings is 1. The standard InChI is InChI=1S/C14H12ClF3O3/c1-6(2)7-3-4-10(15)8-5-9(13(19)20)12(14(16,17)18)21-11(7)8/h3-6,12H,1-2H3,(H,19,20). The summed E-state index contributed by atoms with van der Waals surface area (Å²) in [5.41, 5.74) is -0.164. The first-order valence-electron chi connectivity index (χ1n) is 6.13. The van der Waals surface area contributed by atoms with Crippen LogP contribution in [0.1, 0.15) is 30.9 Å². The highest BCUT2D eigenvalue weighted by Crippen LogP contribution is 2.43. The Balaban J connectivity index is 2.68. The maximum absolute atomic E-state index is 13.0. The normalized spacial score (nSPS) is 18.0. The first-order chi connectivity index (χ1) is 9.62. The molecule has 0 spiro atoms. The molecule has 1 aromatic rings. The van der Waals surface area contributed by atoms with Gasteiger partial charge in [0.25, 0.3) is 0 Å². The monoisotopic (exact) mass is 320 g/mol. The van der Waals surface area contributed by atoms with E-state index in [2.05, 4.69) is 0 Å². The molecule has 0 saturated carbocycles. The van der Waals surface area contributed by atoms with E-state index in [1.54, 1.807) is 19.9 Å². The second kappa shape index (κ2) is 5.26. The Morgan fingerprint density at radius 1 is 1.38 bits per heavy atom. The molecule has 7 heteroatoms. The average molecular weight is 321 g/mol. The van der Waals surface area contributed by atoms with Crippen LogP contribution in [0.4, 0.5) is 13.2 Å². The fourth-order valence-electron chi connectivity index (χ4n) is 2.14. The summed E-state index contributed by atoms with van der Waals surface area (Å²) in [6.45, 7) is 3.60. The lowest BCUT2D eigenvalue weighted by molar-refractivity contribution is -0.187. The van der Waals surface area contributed by atoms with Gasteiger partial charge in [0.1, 0.15) is 5.75 Å². The minimum atomic E-state index is -4.82. The number of hydrogen-bond donors (Lipinski definition) is 1. The maximum Gasteiger partial charge on any atom is 0.430 e. The number of aliphatic carboxylic acids is 1. The average Bonchev–Trinajstić information content (AvgIpc) is 2.36. The Labute approximate surface area is 124 Å². The Morgan fingerprint density at radius 2 is 2.00 bits per heavy atom. The van der Waals surface area contributed by atoms with Gasteiger partial charge in [-0.05, 0) is 23.6 Å². The molecule has 3 nitrogen and oxygen atoms in total. The minimum Gasteiger partial charge on any atom is -0.478 e. The Morgan fingerprint density at radius 3 is 2.48 bits per heavy atom. The van der Waals surface area contributed by atoms with Crippen molar-refractivity contribution in [1.29, 1.82) is 0 Å². The Bertz CT molecular complexity index is 621. The smallest absolute Gasteiger partial charge is 0.430 e. The highest BCUT2D eigenvalue weighted by molar-refractivity contribution is 6.32. The third-order valence-electron chi connectivity index (χ3n) is 3.16. The predicted molar refractivity (Wildman–Crippen MR) is 71.6 cm³/mol. The molecule has 0 aliphatic carbocycles. The van der Waals surface area contributed by atoms with Gasteiger partial charge in [0.15, 0.2) is 0 Å². The SMILES string of the molecule is CC(C)c1ccc(Cl)c2c1OC(C(F)(F)F)C(C(=O)O)=C2. The highest BCUT2D eigenvalue weighted by Gasteiger charge is 2.49. The second-order valence-corrected chi connectivity index (χ2v) is 5.39. The molecule has 0 radical (unpaired) electrons. The van der Waals surface area contributed by atoms with Crippen LogP contribution < -0.4 is 4.74 Å². The lowest BCUT2D eigenvalue weighted by atomic mass is 9.94. The van der Waals surface area contributed by atoms with Crippen LogP contribution in [0.25, 0.3) is 6.08 Å². The predicted octanol–water partition coefficient (Wildman–Crippen LogP) is 4.25. The molecular formula is C14H12ClF3O3. The summed E-state index contributed by atoms with van der Waals surface area (Å²) < 4.78 is 44.0. The molecule has 0 bridgehead atoms. The number of carboxylic acid groups (broad SMARTS) is 1. The number of alkyl halides is 3. The molecular weight excluding hydrogens is 309 g/mol. The number of rotatable bonds is 2. The number of ether oxygens (including phenoxy) is 1. The van der Waals surface area contributed by atoms with E-state index in [-0.39, 0.29) is 22.3 Å². The van der Waals surface area contributed by atoms with Gasteiger partial charge in [0.05, 0.1) is 10.6 Å². The molecule has 114 valence electrons. The van der Waals surface area contributed by atoms with Crippen molar-refractivity contribution >= 4 is 23.6 Å². The van der Waals surface area contributed by atoms with E-state index >= 15 is 0 Å². The Hall–Kier alpha value is -1.69. The molecule has 0 saturated heterocycles. The van der Waals surface area contributed by atoms with Gasteiger partial charge in [-0.3, -0.25) is 0 Å². The molecule has 1 unspecified atom stereocenters. The molecule has 21 heavy (non-hydrogen) atoms. The lowest BCUT2D eigenvalue weighted by Gasteiger charge is -2.29. The van der Waals surface area contributed by atoms with Gasteiger partial charge < -0.3 is 9.84 Å². The van der Waals surface area contributed by atoms with Crippen molar-refractivity contribution < 1.29 is 27.8 Å². The van der Waals surface area contributed by atoms with Crippen molar-refractivity contribution in [3.05, 3.63) is 33.9 Å². The van der Waals surface area contributed by atoms with E-state index in [1.807, 2.05) is 0 Å². The zero-order valence-corrected chi connectivity index (χ0v) is 11.9. The molecule has 1 aliphatic heterocycles. The molecule has 0 fully saturated rings. The Kier molecular flexibility index (Phi) is 3.93. The molecule has 2 rings (SSSR count). The third-order valence-corrected chi connectivity index (χ3v) is 3.49. The van der Waals surface area contributed by atoms with E-state index in [4.69, 9.17) is 21.4 Å². The van der Waals surface area contributed by atoms with Gasteiger partial charge >= 0.3 is 12.1 Å². The lowest BCUT2D eigenvalue weighted by Crippen LogP contribution is -2.40. The van der Waals surface area contributed by atoms with E-state index in [9.17, 15) is 18.0 Å². The molecule has 1 atom stereocenters. The maximum atomic E-state index is 13.0. The van der Waals surface area contributed by atoms with E-state index in [0.717, 1.165) is 6.08 Å². The molecule has 0 aromatic heterocycles. The van der Waals surface area contributed by atoms with Gasteiger partial charge in [0.2, 0.25) is 6.10 Å². The molecule has 1 heterocycles. The quantitative estimate of drug-likeness (QED) is 0.886. The molecule has 0 amide bonds. The van der Waals surface area contributed by atoms with Gasteiger partial charge in [-0.1, -0.05) is 31.5 Å². The largest absolute Gasteiger partial charge is 0.478 e. The number of carboxylic acids is 1. The first kappa shape index (κ1) is 15.7. The van der Waals surface area contributed by atoms with Gasteiger partial charge in [-0.15, -0.1) is 0 Å². The van der Waals surface area contributed by atoms with E-state index in [1.165, 1.54) is 6.07 Å². The zero-order chi connectivity index (χ0) is 15.9. The molecule has 1 aromatic carbocycles. The first-order valence-corrected chi connectivity index (χ1v) is 6.51. The van der Waals surface area contributed by atoms with Gasteiger partial charge in [-0.2, -0.15) is 13.2 Å². The van der Waals surface area contributed by atoms with E-state index < -0.39 is 23.8 Å². The molecule has 1 aliphatic rings. The van der Waals surface area contributed by atoms with E-state index in [0.29, 0.717) is 5.56 Å². The summed E-state index contributed by atoms with van der Waals surface area (Å²) >= 11 is 5.95. The summed E-state index contributed by atoms with van der Waals surface area (Å²) in [4.78, 5) is 11.1. The van der Waals surface area contributed by atoms with Crippen LogP contribution in [0.3, 0.4) is 0 Å². The summed E-state index contributed by atoms with van der Waals surface area (Å²) in [6, 6.07) is 3.10. The zero-order valence-electron chi connectivity index (χ0n) is 11.2. The highest BCUT2D eigenvalue weighted by atomic mass is 35.5. The van der Waals surface area contributed by atoms with Crippen molar-refractivity contribution in [2.45, 2.75) is 32.0 Å². The summed E-state index contributed by atoms with van der Waals surface area (Å²) in [6.07, 6.45) is -6.38. The van der Waals surface area contributed by atoms with Crippen LogP contribution in [0.2, 0.25) is 5.02 Å². The van der Waals surface area contributed by atoms with Gasteiger partial charge in [0, 0.05) is 5.56 Å². The second-order valence-electron chi connectivity index (χ2n) is 4.98. The van der Waals surface area contributed by atoms with Crippen LogP contribution in [0, 0.1) is 0 Å². The van der Waals surface area contributed by atoms with Crippen molar-refractivity contribution in [2.24, 2.45) is 0 Å². The third kappa shape index (κ3) is 2.85. The fourth-order valence-corrected chi connectivity index (χ4v) is 2.35. The summed E-state index contributed by atoms with van der Waals surface area (Å²) in [5, 5.41) is 9.12. The number of carbonyl (C=O) groups is 1. The van der Waals surface area contributed by atoms with Crippen LogP contribution in [-0.4, -0.2) is 23.4 Å². The van der Waals surface area contributed by atoms with Crippen LogP contribution in [0.15, 0.2) is 17.7 Å². The minimum absolute atomic E-state index is 0.00942.